The van der Waals surface area contributed by atoms with Crippen LogP contribution in [0.4, 0.5) is 5.69 Å². The highest BCUT2D eigenvalue weighted by atomic mass is 16.3. The molecule has 0 N–H and O–H groups in total. The second-order valence-electron chi connectivity index (χ2n) is 8.82. The van der Waals surface area contributed by atoms with E-state index in [4.69, 9.17) is 16.5 Å². The van der Waals surface area contributed by atoms with E-state index < -0.39 is 12.7 Å². The number of aromatic nitrogens is 1. The minimum atomic E-state index is -2.56. The lowest BCUT2D eigenvalue weighted by Gasteiger charge is -2.15. The standard InChI is InChI=1S/C31H29N2O/c1-18(2)28-20(4)15-26(33(7)21(28)5)29-19(3)13-14-24-30-25(22-11-9-8-10-12-22)16-23(32-6)17-27(30)34-31(24)29/h8-18H,1-5,7H3/q+1/i1D3,15D,18D. The van der Waals surface area contributed by atoms with Gasteiger partial charge in [0, 0.05) is 34.8 Å². The molecule has 0 saturated heterocycles. The summed E-state index contributed by atoms with van der Waals surface area (Å²) in [7, 11) is 1.80. The predicted octanol–water partition coefficient (Wildman–Crippen LogP) is 8.34. The van der Waals surface area contributed by atoms with Crippen molar-refractivity contribution in [3.8, 4) is 22.4 Å². The van der Waals surface area contributed by atoms with Crippen molar-refractivity contribution < 1.29 is 15.8 Å². The number of benzene rings is 3. The Hall–Kier alpha value is -3.90. The zero-order valence-corrected chi connectivity index (χ0v) is 20.0. The van der Waals surface area contributed by atoms with Gasteiger partial charge in [0.25, 0.3) is 0 Å². The van der Waals surface area contributed by atoms with Crippen molar-refractivity contribution in [1.82, 2.24) is 0 Å². The maximum atomic E-state index is 9.17. The Morgan fingerprint density at radius 3 is 2.56 bits per heavy atom. The summed E-state index contributed by atoms with van der Waals surface area (Å²) in [6.45, 7) is 11.9. The zero-order valence-electron chi connectivity index (χ0n) is 25.0. The molecule has 0 spiro atoms. The van der Waals surface area contributed by atoms with E-state index in [1.807, 2.05) is 55.5 Å². The van der Waals surface area contributed by atoms with E-state index in [0.717, 1.165) is 33.0 Å². The zero-order chi connectivity index (χ0) is 28.4. The molecule has 0 radical (unpaired) electrons. The molecule has 0 saturated carbocycles. The fourth-order valence-corrected chi connectivity index (χ4v) is 4.97. The Balaban J connectivity index is 1.90. The minimum absolute atomic E-state index is 0.155. The molecule has 168 valence electrons. The number of fused-ring (bicyclic) bond motifs is 3. The second kappa shape index (κ2) is 8.15. The average Bonchev–Trinajstić information content (AvgIpc) is 3.26. The van der Waals surface area contributed by atoms with Gasteiger partial charge in [0.05, 0.1) is 13.5 Å². The first-order chi connectivity index (χ1) is 18.3. The monoisotopic (exact) mass is 450 g/mol. The Labute approximate surface area is 208 Å². The van der Waals surface area contributed by atoms with Gasteiger partial charge >= 0.3 is 0 Å². The number of aryl methyl sites for hydroxylation is 1. The maximum Gasteiger partial charge on any atom is 0.216 e. The van der Waals surface area contributed by atoms with Crippen LogP contribution in [-0.4, -0.2) is 0 Å². The van der Waals surface area contributed by atoms with E-state index in [1.165, 1.54) is 6.92 Å². The van der Waals surface area contributed by atoms with Crippen LogP contribution in [0.15, 0.2) is 65.1 Å². The summed E-state index contributed by atoms with van der Waals surface area (Å²) in [5.41, 5.74) is 7.15. The van der Waals surface area contributed by atoms with Crippen LogP contribution in [0.3, 0.4) is 0 Å². The van der Waals surface area contributed by atoms with Gasteiger partial charge in [-0.05, 0) is 54.1 Å². The van der Waals surface area contributed by atoms with E-state index in [1.54, 1.807) is 31.5 Å². The summed E-state index contributed by atoms with van der Waals surface area (Å²) >= 11 is 0. The fraction of sp³-hybridized carbons (Fsp3) is 0.226. The summed E-state index contributed by atoms with van der Waals surface area (Å²) in [6.07, 6.45) is 0. The molecule has 0 amide bonds. The third-order valence-electron chi connectivity index (χ3n) is 6.64. The van der Waals surface area contributed by atoms with Gasteiger partial charge in [-0.3, -0.25) is 0 Å². The van der Waals surface area contributed by atoms with E-state index in [-0.39, 0.29) is 6.04 Å². The predicted molar refractivity (Wildman–Crippen MR) is 140 cm³/mol. The van der Waals surface area contributed by atoms with Gasteiger partial charge in [-0.1, -0.05) is 56.2 Å². The van der Waals surface area contributed by atoms with Crippen LogP contribution in [0.1, 0.15) is 48.9 Å². The average molecular weight is 451 g/mol. The third-order valence-corrected chi connectivity index (χ3v) is 6.64. The van der Waals surface area contributed by atoms with E-state index >= 15 is 0 Å². The number of rotatable bonds is 3. The van der Waals surface area contributed by atoms with Crippen LogP contribution in [0.25, 0.3) is 49.2 Å². The Morgan fingerprint density at radius 1 is 1.09 bits per heavy atom. The molecule has 5 rings (SSSR count). The SMILES string of the molecule is [2H]c1c(C)c(C([2H])(C)C([2H])([2H])[2H])c(C)[n+](C)c1-c1c(C)ccc2c1oc1cc([N+]#[C-])cc(-c3ccccc3)c12. The Kier molecular flexibility index (Phi) is 4.00. The summed E-state index contributed by atoms with van der Waals surface area (Å²) < 4.78 is 50.2. The molecule has 0 aliphatic rings. The fourth-order valence-electron chi connectivity index (χ4n) is 4.97. The molecule has 34 heavy (non-hydrogen) atoms. The molecule has 0 aliphatic heterocycles. The number of hydrogen-bond donors (Lipinski definition) is 0. The molecule has 0 fully saturated rings. The molecule has 0 bridgehead atoms. The van der Waals surface area contributed by atoms with Crippen LogP contribution in [0, 0.1) is 27.3 Å². The van der Waals surface area contributed by atoms with Crippen LogP contribution in [0.5, 0.6) is 0 Å². The summed E-state index contributed by atoms with van der Waals surface area (Å²) in [5.74, 6) is -1.88. The van der Waals surface area contributed by atoms with Crippen molar-refractivity contribution in [3.63, 3.8) is 0 Å². The summed E-state index contributed by atoms with van der Waals surface area (Å²) in [6, 6.07) is 17.7. The van der Waals surface area contributed by atoms with E-state index in [0.29, 0.717) is 39.4 Å². The van der Waals surface area contributed by atoms with Crippen molar-refractivity contribution >= 4 is 27.6 Å². The van der Waals surface area contributed by atoms with Gasteiger partial charge in [-0.15, -0.1) is 0 Å². The van der Waals surface area contributed by atoms with Crippen molar-refractivity contribution in [1.29, 1.82) is 0 Å². The molecule has 1 atom stereocenters. The molecule has 5 aromatic rings. The van der Waals surface area contributed by atoms with Gasteiger partial charge in [0.2, 0.25) is 5.69 Å². The molecule has 2 heterocycles. The van der Waals surface area contributed by atoms with Gasteiger partial charge < -0.3 is 4.42 Å². The molecule has 2 aromatic heterocycles. The van der Waals surface area contributed by atoms with E-state index in [2.05, 4.69) is 4.85 Å². The molecule has 3 heteroatoms. The topological polar surface area (TPSA) is 21.4 Å². The molecule has 3 aromatic carbocycles. The first-order valence-electron chi connectivity index (χ1n) is 13.7. The lowest BCUT2D eigenvalue weighted by Crippen LogP contribution is -2.37. The maximum absolute atomic E-state index is 9.17. The Morgan fingerprint density at radius 2 is 1.85 bits per heavy atom. The number of nitrogens with zero attached hydrogens (tertiary/aromatic N) is 2. The first-order valence-corrected chi connectivity index (χ1v) is 11.2. The first kappa shape index (κ1) is 16.7. The van der Waals surface area contributed by atoms with Crippen molar-refractivity contribution in [2.24, 2.45) is 7.05 Å². The summed E-state index contributed by atoms with van der Waals surface area (Å²) in [5, 5.41) is 1.76. The van der Waals surface area contributed by atoms with Crippen LogP contribution >= 0.6 is 0 Å². The molecule has 3 nitrogen and oxygen atoms in total. The molecular formula is C31H29N2O+. The highest BCUT2D eigenvalue weighted by Crippen LogP contribution is 2.43. The van der Waals surface area contributed by atoms with Crippen molar-refractivity contribution in [2.45, 2.75) is 40.4 Å². The Bertz CT molecular complexity index is 1800. The van der Waals surface area contributed by atoms with Crippen molar-refractivity contribution in [3.05, 3.63) is 94.4 Å². The van der Waals surface area contributed by atoms with Crippen LogP contribution in [-0.2, 0) is 7.05 Å². The van der Waals surface area contributed by atoms with E-state index in [9.17, 15) is 1.37 Å². The lowest BCUT2D eigenvalue weighted by atomic mass is 9.92. The number of hydrogen-bond acceptors (Lipinski definition) is 1. The minimum Gasteiger partial charge on any atom is -0.456 e. The van der Waals surface area contributed by atoms with Gasteiger partial charge in [0.1, 0.15) is 18.2 Å². The molecular weight excluding hydrogens is 416 g/mol. The van der Waals surface area contributed by atoms with Gasteiger partial charge in [-0.25, -0.2) is 4.85 Å². The number of pyridine rings is 1. The van der Waals surface area contributed by atoms with Gasteiger partial charge in [-0.2, -0.15) is 4.57 Å². The highest BCUT2D eigenvalue weighted by molar-refractivity contribution is 6.16. The number of furan rings is 1. The molecule has 1 unspecified atom stereocenters. The van der Waals surface area contributed by atoms with Gasteiger partial charge in [0.15, 0.2) is 11.4 Å². The van der Waals surface area contributed by atoms with Crippen molar-refractivity contribution in [2.75, 3.05) is 0 Å². The lowest BCUT2D eigenvalue weighted by molar-refractivity contribution is -0.667. The highest BCUT2D eigenvalue weighted by Gasteiger charge is 2.26. The molecule has 0 aliphatic carbocycles. The normalized spacial score (nSPS) is 15.7. The van der Waals surface area contributed by atoms with Crippen LogP contribution < -0.4 is 4.57 Å². The quantitative estimate of drug-likeness (QED) is 0.200. The van der Waals surface area contributed by atoms with Crippen LogP contribution in [0.2, 0.25) is 0 Å². The summed E-state index contributed by atoms with van der Waals surface area (Å²) in [4.78, 5) is 3.67. The second-order valence-corrected chi connectivity index (χ2v) is 8.82. The largest absolute Gasteiger partial charge is 0.456 e. The third kappa shape index (κ3) is 3.30. The smallest absolute Gasteiger partial charge is 0.216 e.